The van der Waals surface area contributed by atoms with Crippen LogP contribution < -0.4 is 5.32 Å². The van der Waals surface area contributed by atoms with Crippen molar-refractivity contribution >= 4 is 6.09 Å². The minimum Gasteiger partial charge on any atom is -0.446 e. The zero-order chi connectivity index (χ0) is 26.1. The van der Waals surface area contributed by atoms with Crippen molar-refractivity contribution in [2.45, 2.75) is 111 Å². The van der Waals surface area contributed by atoms with Gasteiger partial charge >= 0.3 is 6.09 Å². The molecule has 1 N–H and O–H groups in total. The minimum atomic E-state index is -0.243. The van der Waals surface area contributed by atoms with E-state index in [0.717, 1.165) is 54.9 Å². The van der Waals surface area contributed by atoms with Crippen LogP contribution in [0.5, 0.6) is 0 Å². The SMILES string of the molecule is CC(C)CCC[C@@H](C)[C@H]1CC[C@H]2[C@@H]3CC=C4C[C@H](OC(=O)NCCN(C)C)CC[C@]4(C)[C@H]3CC[C@]12C. The number of likely N-dealkylation sites (N-methyl/N-ethyl adjacent to an activating group) is 1. The first-order chi connectivity index (χ1) is 17.0. The highest BCUT2D eigenvalue weighted by atomic mass is 16.6. The second-order valence-electron chi connectivity index (χ2n) is 14.3. The van der Waals surface area contributed by atoms with E-state index in [2.05, 4.69) is 50.9 Å². The molecule has 0 aliphatic heterocycles. The number of fused-ring (bicyclic) bond motifs is 5. The summed E-state index contributed by atoms with van der Waals surface area (Å²) in [6, 6.07) is 0. The van der Waals surface area contributed by atoms with Gasteiger partial charge in [-0.15, -0.1) is 0 Å². The molecule has 0 aromatic heterocycles. The maximum absolute atomic E-state index is 12.3. The number of allylic oxidation sites excluding steroid dienone is 1. The van der Waals surface area contributed by atoms with E-state index in [0.29, 0.717) is 17.4 Å². The van der Waals surface area contributed by atoms with Gasteiger partial charge in [0.15, 0.2) is 0 Å². The Morgan fingerprint density at radius 3 is 2.58 bits per heavy atom. The Labute approximate surface area is 222 Å². The number of alkyl carbamates (subject to hydrolysis) is 1. The molecule has 0 saturated heterocycles. The molecular weight excluding hydrogens is 444 g/mol. The molecule has 0 unspecified atom stereocenters. The Morgan fingerprint density at radius 2 is 1.86 bits per heavy atom. The van der Waals surface area contributed by atoms with Crippen molar-refractivity contribution in [1.29, 1.82) is 0 Å². The molecule has 4 aliphatic rings. The number of rotatable bonds is 9. The van der Waals surface area contributed by atoms with E-state index in [4.69, 9.17) is 4.74 Å². The number of carbonyl (C=O) groups excluding carboxylic acids is 1. The number of hydrogen-bond donors (Lipinski definition) is 1. The Morgan fingerprint density at radius 1 is 1.08 bits per heavy atom. The van der Waals surface area contributed by atoms with Crippen LogP contribution in [0.1, 0.15) is 105 Å². The van der Waals surface area contributed by atoms with Gasteiger partial charge in [0.25, 0.3) is 0 Å². The lowest BCUT2D eigenvalue weighted by Gasteiger charge is -2.58. The Bertz CT molecular complexity index is 791. The molecule has 0 spiro atoms. The van der Waals surface area contributed by atoms with Gasteiger partial charge in [0, 0.05) is 19.5 Å². The molecule has 1 amide bonds. The normalized spacial score (nSPS) is 38.7. The predicted octanol–water partition coefficient (Wildman–Crippen LogP) is 7.68. The fraction of sp³-hybridized carbons (Fsp3) is 0.906. The maximum atomic E-state index is 12.3. The van der Waals surface area contributed by atoms with Gasteiger partial charge in [-0.1, -0.05) is 65.5 Å². The third kappa shape index (κ3) is 5.69. The predicted molar refractivity (Wildman–Crippen MR) is 150 cm³/mol. The topological polar surface area (TPSA) is 41.6 Å². The van der Waals surface area contributed by atoms with Crippen LogP contribution in [-0.2, 0) is 4.74 Å². The molecule has 8 atom stereocenters. The molecule has 206 valence electrons. The van der Waals surface area contributed by atoms with Crippen LogP contribution in [0.25, 0.3) is 0 Å². The third-order valence-electron chi connectivity index (χ3n) is 11.4. The van der Waals surface area contributed by atoms with Crippen LogP contribution >= 0.6 is 0 Å². The van der Waals surface area contributed by atoms with Crippen LogP contribution in [0.15, 0.2) is 11.6 Å². The third-order valence-corrected chi connectivity index (χ3v) is 11.4. The van der Waals surface area contributed by atoms with Gasteiger partial charge in [0.1, 0.15) is 6.10 Å². The summed E-state index contributed by atoms with van der Waals surface area (Å²) in [5.41, 5.74) is 2.46. The highest BCUT2D eigenvalue weighted by molar-refractivity contribution is 5.67. The molecular formula is C32H56N2O2. The average molecular weight is 501 g/mol. The van der Waals surface area contributed by atoms with E-state index in [1.165, 1.54) is 57.8 Å². The van der Waals surface area contributed by atoms with Gasteiger partial charge in [0.2, 0.25) is 0 Å². The van der Waals surface area contributed by atoms with Gasteiger partial charge in [-0.3, -0.25) is 0 Å². The summed E-state index contributed by atoms with van der Waals surface area (Å²) in [5, 5.41) is 2.93. The Balaban J connectivity index is 1.37. The van der Waals surface area contributed by atoms with Crippen molar-refractivity contribution in [3.8, 4) is 0 Å². The molecule has 4 nitrogen and oxygen atoms in total. The van der Waals surface area contributed by atoms with E-state index in [1.807, 2.05) is 14.1 Å². The van der Waals surface area contributed by atoms with Crippen LogP contribution in [-0.4, -0.2) is 44.3 Å². The molecule has 3 fully saturated rings. The van der Waals surface area contributed by atoms with Gasteiger partial charge in [0.05, 0.1) is 0 Å². The fourth-order valence-electron chi connectivity index (χ4n) is 9.33. The first kappa shape index (κ1) is 28.0. The molecule has 0 radical (unpaired) electrons. The largest absolute Gasteiger partial charge is 0.446 e. The first-order valence-corrected chi connectivity index (χ1v) is 15.3. The van der Waals surface area contributed by atoms with Crippen molar-refractivity contribution in [2.24, 2.45) is 46.3 Å². The summed E-state index contributed by atoms with van der Waals surface area (Å²) in [6.45, 7) is 14.0. The summed E-state index contributed by atoms with van der Waals surface area (Å²) >= 11 is 0. The van der Waals surface area contributed by atoms with Crippen LogP contribution in [0.4, 0.5) is 4.79 Å². The number of ether oxygens (including phenoxy) is 1. The summed E-state index contributed by atoms with van der Waals surface area (Å²) in [4.78, 5) is 14.4. The van der Waals surface area contributed by atoms with Gasteiger partial charge in [-0.2, -0.15) is 0 Å². The minimum absolute atomic E-state index is 0.0386. The molecule has 0 bridgehead atoms. The van der Waals surface area contributed by atoms with E-state index < -0.39 is 0 Å². The van der Waals surface area contributed by atoms with Crippen molar-refractivity contribution in [1.82, 2.24) is 10.2 Å². The molecule has 0 aromatic carbocycles. The highest BCUT2D eigenvalue weighted by Crippen LogP contribution is 2.67. The lowest BCUT2D eigenvalue weighted by Crippen LogP contribution is -2.51. The number of hydrogen-bond acceptors (Lipinski definition) is 3. The number of nitrogens with one attached hydrogen (secondary N) is 1. The van der Waals surface area contributed by atoms with E-state index in [-0.39, 0.29) is 12.2 Å². The summed E-state index contributed by atoms with van der Waals surface area (Å²) in [7, 11) is 4.04. The van der Waals surface area contributed by atoms with Gasteiger partial charge < -0.3 is 15.0 Å². The second-order valence-corrected chi connectivity index (χ2v) is 14.3. The summed E-state index contributed by atoms with van der Waals surface area (Å²) in [5.74, 6) is 5.21. The quantitative estimate of drug-likeness (QED) is 0.330. The zero-order valence-corrected chi connectivity index (χ0v) is 24.6. The standard InChI is InChI=1S/C32H56N2O2/c1-22(2)9-8-10-23(3)27-13-14-28-26-12-11-24-21-25(36-30(35)33-19-20-34(6)7)15-17-31(24,4)29(26)16-18-32(27,28)5/h11,22-23,25-29H,8-10,12-21H2,1-7H3,(H,33,35)/t23-,25-,26+,27-,28+,29+,31+,32-/m1/s1. The fourth-order valence-corrected chi connectivity index (χ4v) is 9.33. The number of nitrogens with zero attached hydrogens (tertiary/aromatic N) is 1. The first-order valence-electron chi connectivity index (χ1n) is 15.3. The molecule has 0 aromatic rings. The molecule has 3 saturated carbocycles. The van der Waals surface area contributed by atoms with Crippen molar-refractivity contribution in [3.05, 3.63) is 11.6 Å². The lowest BCUT2D eigenvalue weighted by molar-refractivity contribution is -0.0581. The average Bonchev–Trinajstić information content (AvgIpc) is 3.16. The summed E-state index contributed by atoms with van der Waals surface area (Å²) in [6.07, 6.45) is 16.7. The van der Waals surface area contributed by atoms with E-state index >= 15 is 0 Å². The van der Waals surface area contributed by atoms with Crippen LogP contribution in [0.2, 0.25) is 0 Å². The maximum Gasteiger partial charge on any atom is 0.407 e. The molecule has 4 rings (SSSR count). The highest BCUT2D eigenvalue weighted by Gasteiger charge is 2.59. The molecule has 4 heteroatoms. The number of carbonyl (C=O) groups is 1. The van der Waals surface area contributed by atoms with Crippen LogP contribution in [0, 0.1) is 46.3 Å². The van der Waals surface area contributed by atoms with Crippen LogP contribution in [0.3, 0.4) is 0 Å². The molecule has 36 heavy (non-hydrogen) atoms. The second kappa shape index (κ2) is 11.4. The number of amides is 1. The lowest BCUT2D eigenvalue weighted by atomic mass is 9.47. The smallest absolute Gasteiger partial charge is 0.407 e. The van der Waals surface area contributed by atoms with Gasteiger partial charge in [-0.05, 0) is 105 Å². The van der Waals surface area contributed by atoms with Crippen molar-refractivity contribution in [3.63, 3.8) is 0 Å². The monoisotopic (exact) mass is 500 g/mol. The van der Waals surface area contributed by atoms with Crippen molar-refractivity contribution in [2.75, 3.05) is 27.2 Å². The van der Waals surface area contributed by atoms with E-state index in [9.17, 15) is 4.79 Å². The summed E-state index contributed by atoms with van der Waals surface area (Å²) < 4.78 is 5.87. The molecule has 4 aliphatic carbocycles. The van der Waals surface area contributed by atoms with Gasteiger partial charge in [-0.25, -0.2) is 4.79 Å². The van der Waals surface area contributed by atoms with Crippen molar-refractivity contribution < 1.29 is 9.53 Å². The Kier molecular flexibility index (Phi) is 8.85. The Hall–Kier alpha value is -1.03. The zero-order valence-electron chi connectivity index (χ0n) is 24.6. The molecule has 0 heterocycles. The van der Waals surface area contributed by atoms with E-state index in [1.54, 1.807) is 5.57 Å².